The monoisotopic (exact) mass is 862 g/mol. The van der Waals surface area contributed by atoms with Crippen molar-refractivity contribution in [2.45, 2.75) is 159 Å². The highest BCUT2D eigenvalue weighted by molar-refractivity contribution is 5.81. The fourth-order valence-corrected chi connectivity index (χ4v) is 11.8. The third kappa shape index (κ3) is 11.2. The number of nitrogens with zero attached hydrogens (tertiary/aromatic N) is 1. The van der Waals surface area contributed by atoms with E-state index in [9.17, 15) is 65.4 Å². The summed E-state index contributed by atoms with van der Waals surface area (Å²) in [4.78, 5) is 40.3. The van der Waals surface area contributed by atoms with Gasteiger partial charge in [-0.3, -0.25) is 14.4 Å². The fourth-order valence-electron chi connectivity index (χ4n) is 11.8. The number of carbonyl (C=O) groups is 3. The quantitative estimate of drug-likeness (QED) is 0.0486. The lowest BCUT2D eigenvalue weighted by Gasteiger charge is -2.62. The van der Waals surface area contributed by atoms with Crippen LogP contribution >= 0.6 is 0 Å². The zero-order valence-corrected chi connectivity index (χ0v) is 35.5. The summed E-state index contributed by atoms with van der Waals surface area (Å²) in [6.45, 7) is 5.15. The number of carbonyl (C=O) groups excluding carboxylic acids is 3. The molecule has 4 saturated carbocycles. The number of nitrogens with one attached hydrogen (secondary N) is 2. The zero-order chi connectivity index (χ0) is 44.7. The number of hydrogen-bond acceptors (Lipinski definition) is 15. The SMILES string of the molecule is C[C@H](CCC(=O)N(CCCNC(=O)[C@H](O)[C@@H](O)[C@H](O)[C@H](O)CO)CCCNC(=O)[C@H](O)[C@@H](O)[C@H](O)[C@H](O)CO)[C@H]1CC[C@@H]2[C@@H]3CC[C@@H]4C[C@H](O)CC[C@]4(C)[C@H]3C[C@H](O)[C@@]21C. The van der Waals surface area contributed by atoms with Crippen molar-refractivity contribution < 1.29 is 75.7 Å². The molecule has 4 rings (SSSR count). The Bertz CT molecular complexity index is 1350. The average molecular weight is 862 g/mol. The summed E-state index contributed by atoms with van der Waals surface area (Å²) < 4.78 is 0. The molecule has 0 spiro atoms. The summed E-state index contributed by atoms with van der Waals surface area (Å²) in [6, 6.07) is 0. The molecule has 4 aliphatic rings. The normalized spacial score (nSPS) is 34.6. The highest BCUT2D eigenvalue weighted by Gasteiger charge is 2.63. The van der Waals surface area contributed by atoms with Crippen LogP contribution in [0, 0.1) is 46.3 Å². The van der Waals surface area contributed by atoms with Crippen molar-refractivity contribution in [3.8, 4) is 0 Å². The van der Waals surface area contributed by atoms with E-state index in [4.69, 9.17) is 10.2 Å². The zero-order valence-electron chi connectivity index (χ0n) is 35.5. The molecule has 0 saturated heterocycles. The van der Waals surface area contributed by atoms with Crippen molar-refractivity contribution in [3.05, 3.63) is 0 Å². The number of aliphatic hydroxyl groups is 12. The van der Waals surface area contributed by atoms with Crippen LogP contribution in [-0.4, -0.2) is 184 Å². The molecule has 18 heteroatoms. The van der Waals surface area contributed by atoms with Gasteiger partial charge in [-0.2, -0.15) is 0 Å². The van der Waals surface area contributed by atoms with E-state index in [1.807, 2.05) is 0 Å². The van der Waals surface area contributed by atoms with Gasteiger partial charge in [0.2, 0.25) is 5.91 Å². The van der Waals surface area contributed by atoms with Gasteiger partial charge < -0.3 is 76.8 Å². The Morgan fingerprint density at radius 1 is 0.700 bits per heavy atom. The molecule has 0 heterocycles. The summed E-state index contributed by atoms with van der Waals surface area (Å²) in [6.07, 6.45) is -7.85. The van der Waals surface area contributed by atoms with Crippen LogP contribution in [0.4, 0.5) is 0 Å². The largest absolute Gasteiger partial charge is 0.394 e. The van der Waals surface area contributed by atoms with E-state index < -0.39 is 80.0 Å². The minimum atomic E-state index is -2.11. The first-order valence-corrected chi connectivity index (χ1v) is 22.1. The molecule has 14 N–H and O–H groups in total. The van der Waals surface area contributed by atoms with Gasteiger partial charge in [-0.1, -0.05) is 20.8 Å². The standard InChI is InChI=1S/C42H75N3O15/c1-22(26-9-10-27-25-8-7-23-18-24(48)12-13-41(23,2)28(25)19-31(51)42(26,27)3)6-11-32(52)45(16-4-14-43-39(59)37(57)35(55)33(53)29(49)20-46)17-5-15-44-40(60)38(58)36(56)34(54)30(50)21-47/h22-31,33-38,46-51,53-58H,4-21H2,1-3H3,(H,43,59)(H,44,60)/t22-,23-,24-,25+,26-,27-,28+,29-,30-,31+,33-,34-,35+,36+,37-,38-,41+,42-/m1/s1. The second-order valence-electron chi connectivity index (χ2n) is 18.9. The van der Waals surface area contributed by atoms with E-state index in [-0.39, 0.29) is 80.1 Å². The van der Waals surface area contributed by atoms with Crippen LogP contribution in [-0.2, 0) is 14.4 Å². The second-order valence-corrected chi connectivity index (χ2v) is 18.9. The van der Waals surface area contributed by atoms with Crippen molar-refractivity contribution in [1.29, 1.82) is 0 Å². The van der Waals surface area contributed by atoms with Crippen LogP contribution in [0.3, 0.4) is 0 Å². The van der Waals surface area contributed by atoms with Gasteiger partial charge in [0.05, 0.1) is 25.4 Å². The first-order valence-electron chi connectivity index (χ1n) is 22.1. The first kappa shape index (κ1) is 50.6. The molecule has 3 amide bonds. The molecule has 0 radical (unpaired) electrons. The van der Waals surface area contributed by atoms with Gasteiger partial charge in [-0.25, -0.2) is 0 Å². The Balaban J connectivity index is 1.35. The van der Waals surface area contributed by atoms with Crippen molar-refractivity contribution in [2.24, 2.45) is 46.3 Å². The Kier molecular flexibility index (Phi) is 18.6. The van der Waals surface area contributed by atoms with E-state index in [0.717, 1.165) is 51.4 Å². The predicted octanol–water partition coefficient (Wildman–Crippen LogP) is -2.89. The molecule has 18 atom stereocenters. The Morgan fingerprint density at radius 3 is 1.75 bits per heavy atom. The van der Waals surface area contributed by atoms with Gasteiger partial charge in [0, 0.05) is 32.6 Å². The van der Waals surface area contributed by atoms with Crippen LogP contribution < -0.4 is 10.6 Å². The molecule has 0 aromatic rings. The summed E-state index contributed by atoms with van der Waals surface area (Å²) in [7, 11) is 0. The number of hydrogen-bond donors (Lipinski definition) is 14. The Hall–Kier alpha value is -2.07. The maximum Gasteiger partial charge on any atom is 0.251 e. The minimum absolute atomic E-state index is 0.0491. The van der Waals surface area contributed by atoms with E-state index in [2.05, 4.69) is 31.4 Å². The lowest BCUT2D eigenvalue weighted by Crippen LogP contribution is -2.58. The van der Waals surface area contributed by atoms with Gasteiger partial charge in [0.25, 0.3) is 11.8 Å². The number of amides is 3. The van der Waals surface area contributed by atoms with E-state index >= 15 is 0 Å². The Morgan fingerprint density at radius 2 is 1.23 bits per heavy atom. The molecule has 0 bridgehead atoms. The molecule has 60 heavy (non-hydrogen) atoms. The smallest absolute Gasteiger partial charge is 0.251 e. The molecular weight excluding hydrogens is 786 g/mol. The van der Waals surface area contributed by atoms with Crippen molar-refractivity contribution in [2.75, 3.05) is 39.4 Å². The molecule has 0 aromatic heterocycles. The van der Waals surface area contributed by atoms with Gasteiger partial charge in [-0.15, -0.1) is 0 Å². The van der Waals surface area contributed by atoms with Crippen LogP contribution in [0.5, 0.6) is 0 Å². The molecule has 0 unspecified atom stereocenters. The lowest BCUT2D eigenvalue weighted by molar-refractivity contribution is -0.175. The summed E-state index contributed by atoms with van der Waals surface area (Å²) in [5, 5.41) is 124. The highest BCUT2D eigenvalue weighted by Crippen LogP contribution is 2.68. The predicted molar refractivity (Wildman–Crippen MR) is 215 cm³/mol. The number of fused-ring (bicyclic) bond motifs is 5. The number of aliphatic hydroxyl groups excluding tert-OH is 12. The fraction of sp³-hybridized carbons (Fsp3) is 0.929. The minimum Gasteiger partial charge on any atom is -0.394 e. The van der Waals surface area contributed by atoms with E-state index in [0.29, 0.717) is 30.1 Å². The highest BCUT2D eigenvalue weighted by atomic mass is 16.4. The van der Waals surface area contributed by atoms with Crippen molar-refractivity contribution in [3.63, 3.8) is 0 Å². The summed E-state index contributed by atoms with van der Waals surface area (Å²) in [5.74, 6) is -0.145. The molecule has 0 aromatic carbocycles. The summed E-state index contributed by atoms with van der Waals surface area (Å²) in [5.41, 5.74) is -0.164. The molecule has 348 valence electrons. The molecule has 18 nitrogen and oxygen atoms in total. The van der Waals surface area contributed by atoms with Crippen LogP contribution in [0.2, 0.25) is 0 Å². The Labute approximate surface area is 353 Å². The second kappa shape index (κ2) is 22.0. The van der Waals surface area contributed by atoms with E-state index in [1.54, 1.807) is 4.90 Å². The van der Waals surface area contributed by atoms with Gasteiger partial charge in [0.1, 0.15) is 36.6 Å². The molecular formula is C42H75N3O15. The van der Waals surface area contributed by atoms with Crippen LogP contribution in [0.15, 0.2) is 0 Å². The van der Waals surface area contributed by atoms with Crippen LogP contribution in [0.25, 0.3) is 0 Å². The van der Waals surface area contributed by atoms with Gasteiger partial charge in [0.15, 0.2) is 12.2 Å². The van der Waals surface area contributed by atoms with Crippen molar-refractivity contribution >= 4 is 17.7 Å². The van der Waals surface area contributed by atoms with Crippen LogP contribution in [0.1, 0.15) is 97.8 Å². The van der Waals surface area contributed by atoms with Gasteiger partial charge in [-0.05, 0) is 117 Å². The third-order valence-electron chi connectivity index (χ3n) is 15.5. The summed E-state index contributed by atoms with van der Waals surface area (Å²) >= 11 is 0. The third-order valence-corrected chi connectivity index (χ3v) is 15.5. The maximum absolute atomic E-state index is 13.8. The molecule has 4 aliphatic carbocycles. The maximum atomic E-state index is 13.8. The van der Waals surface area contributed by atoms with Gasteiger partial charge >= 0.3 is 0 Å². The van der Waals surface area contributed by atoms with E-state index in [1.165, 1.54) is 0 Å². The number of rotatable bonds is 22. The molecule has 0 aliphatic heterocycles. The average Bonchev–Trinajstić information content (AvgIpc) is 3.61. The first-order chi connectivity index (χ1) is 28.2. The van der Waals surface area contributed by atoms with Crippen molar-refractivity contribution in [1.82, 2.24) is 15.5 Å². The topological polar surface area (TPSA) is 321 Å². The lowest BCUT2D eigenvalue weighted by atomic mass is 9.43. The molecule has 4 fully saturated rings.